The molecule has 0 saturated carbocycles. The molecule has 0 atom stereocenters. The van der Waals surface area contributed by atoms with Crippen molar-refractivity contribution in [3.05, 3.63) is 52.2 Å². The van der Waals surface area contributed by atoms with E-state index in [-0.39, 0.29) is 6.42 Å². The van der Waals surface area contributed by atoms with Crippen LogP contribution in [0.5, 0.6) is 5.75 Å². The Morgan fingerprint density at radius 1 is 1.33 bits per heavy atom. The molecule has 0 spiro atoms. The van der Waals surface area contributed by atoms with E-state index < -0.39 is 5.97 Å². The van der Waals surface area contributed by atoms with Gasteiger partial charge in [-0.3, -0.25) is 9.78 Å². The van der Waals surface area contributed by atoms with Crippen LogP contribution in [0.3, 0.4) is 0 Å². The third-order valence-corrected chi connectivity index (χ3v) is 4.84. The number of nitrogen functional groups attached to an aromatic ring is 1. The van der Waals surface area contributed by atoms with E-state index in [4.69, 9.17) is 15.6 Å². The number of nitrogens with zero attached hydrogens (tertiary/aromatic N) is 1. The molecule has 0 aliphatic heterocycles. The second-order valence-corrected chi connectivity index (χ2v) is 6.61. The van der Waals surface area contributed by atoms with E-state index >= 15 is 0 Å². The number of hydrogen-bond donors (Lipinski definition) is 2. The number of ether oxygens (including phenoxy) is 1. The van der Waals surface area contributed by atoms with Crippen LogP contribution in [0.15, 0.2) is 29.6 Å². The van der Waals surface area contributed by atoms with Crippen LogP contribution in [0.1, 0.15) is 22.5 Å². The number of thiophene rings is 1. The molecule has 5 nitrogen and oxygen atoms in total. The van der Waals surface area contributed by atoms with Crippen molar-refractivity contribution in [3.63, 3.8) is 0 Å². The molecule has 0 fully saturated rings. The summed E-state index contributed by atoms with van der Waals surface area (Å²) in [4.78, 5) is 15.3. The highest BCUT2D eigenvalue weighted by molar-refractivity contribution is 7.17. The zero-order valence-electron chi connectivity index (χ0n) is 13.5. The third kappa shape index (κ3) is 3.33. The molecule has 3 rings (SSSR count). The first kappa shape index (κ1) is 16.3. The van der Waals surface area contributed by atoms with Gasteiger partial charge in [0.15, 0.2) is 0 Å². The zero-order valence-corrected chi connectivity index (χ0v) is 14.3. The van der Waals surface area contributed by atoms with Crippen molar-refractivity contribution in [3.8, 4) is 5.75 Å². The summed E-state index contributed by atoms with van der Waals surface area (Å²) in [5.74, 6) is -0.0987. The maximum absolute atomic E-state index is 10.9. The van der Waals surface area contributed by atoms with Gasteiger partial charge < -0.3 is 15.6 Å². The number of aliphatic carboxylic acids is 1. The molecule has 2 heterocycles. The van der Waals surface area contributed by atoms with Crippen LogP contribution >= 0.6 is 11.3 Å². The van der Waals surface area contributed by atoms with E-state index in [1.54, 1.807) is 0 Å². The molecule has 0 unspecified atom stereocenters. The number of benzene rings is 1. The van der Waals surface area contributed by atoms with Crippen LogP contribution in [0.4, 0.5) is 5.69 Å². The number of aromatic nitrogens is 1. The van der Waals surface area contributed by atoms with Crippen LogP contribution < -0.4 is 10.5 Å². The van der Waals surface area contributed by atoms with E-state index in [9.17, 15) is 4.79 Å². The van der Waals surface area contributed by atoms with Gasteiger partial charge in [-0.15, -0.1) is 11.3 Å². The molecule has 0 saturated heterocycles. The maximum atomic E-state index is 10.9. The standard InChI is InChI=1S/C18H18N2O3S/c1-10-5-16(19)15(11(2)20-10)8-23-13-3-4-14-12(6-18(21)22)9-24-17(14)7-13/h3-5,7,9H,6,8H2,1-2H3,(H2,19,20)(H,21,22). The Bertz CT molecular complexity index is 895. The summed E-state index contributed by atoms with van der Waals surface area (Å²) < 4.78 is 6.87. The summed E-state index contributed by atoms with van der Waals surface area (Å²) in [5, 5.41) is 11.8. The van der Waals surface area contributed by atoms with Gasteiger partial charge in [0.05, 0.1) is 6.42 Å². The number of hydrogen-bond acceptors (Lipinski definition) is 5. The number of carboxylic acids is 1. The van der Waals surface area contributed by atoms with Gasteiger partial charge in [-0.05, 0) is 54.4 Å². The summed E-state index contributed by atoms with van der Waals surface area (Å²) >= 11 is 1.52. The molecule has 6 heteroatoms. The second-order valence-electron chi connectivity index (χ2n) is 5.69. The lowest BCUT2D eigenvalue weighted by atomic mass is 10.1. The molecule has 0 aliphatic carbocycles. The van der Waals surface area contributed by atoms with Gasteiger partial charge >= 0.3 is 5.97 Å². The number of aryl methyl sites for hydroxylation is 2. The minimum atomic E-state index is -0.826. The molecule has 0 radical (unpaired) electrons. The molecule has 2 aromatic heterocycles. The number of pyridine rings is 1. The van der Waals surface area contributed by atoms with Crippen LogP contribution in [-0.4, -0.2) is 16.1 Å². The summed E-state index contributed by atoms with van der Waals surface area (Å²) in [7, 11) is 0. The highest BCUT2D eigenvalue weighted by atomic mass is 32.1. The Kier molecular flexibility index (Phi) is 4.40. The summed E-state index contributed by atoms with van der Waals surface area (Å²) in [5.41, 5.74) is 10.2. The van der Waals surface area contributed by atoms with Crippen LogP contribution in [-0.2, 0) is 17.8 Å². The molecule has 0 aliphatic rings. The highest BCUT2D eigenvalue weighted by Gasteiger charge is 2.10. The topological polar surface area (TPSA) is 85.4 Å². The number of carbonyl (C=O) groups is 1. The monoisotopic (exact) mass is 342 g/mol. The van der Waals surface area contributed by atoms with Crippen molar-refractivity contribution in [2.24, 2.45) is 0 Å². The number of fused-ring (bicyclic) bond motifs is 1. The number of rotatable bonds is 5. The highest BCUT2D eigenvalue weighted by Crippen LogP contribution is 2.30. The van der Waals surface area contributed by atoms with E-state index in [2.05, 4.69) is 4.98 Å². The van der Waals surface area contributed by atoms with Gasteiger partial charge in [0.1, 0.15) is 12.4 Å². The molecule has 3 aromatic rings. The lowest BCUT2D eigenvalue weighted by Crippen LogP contribution is -2.05. The Morgan fingerprint density at radius 3 is 2.83 bits per heavy atom. The minimum absolute atomic E-state index is 0.0327. The van der Waals surface area contributed by atoms with Crippen molar-refractivity contribution in [2.45, 2.75) is 26.9 Å². The van der Waals surface area contributed by atoms with Gasteiger partial charge in [-0.2, -0.15) is 0 Å². The largest absolute Gasteiger partial charge is 0.489 e. The minimum Gasteiger partial charge on any atom is -0.489 e. The average Bonchev–Trinajstić information content (AvgIpc) is 2.88. The molecule has 1 aromatic carbocycles. The molecule has 0 bridgehead atoms. The Balaban J connectivity index is 1.80. The first-order chi connectivity index (χ1) is 11.4. The van der Waals surface area contributed by atoms with E-state index in [0.29, 0.717) is 12.3 Å². The predicted molar refractivity (Wildman–Crippen MR) is 95.6 cm³/mol. The van der Waals surface area contributed by atoms with Crippen molar-refractivity contribution < 1.29 is 14.6 Å². The molecular weight excluding hydrogens is 324 g/mol. The fraction of sp³-hybridized carbons (Fsp3) is 0.222. The molecule has 24 heavy (non-hydrogen) atoms. The Hall–Kier alpha value is -2.60. The van der Waals surface area contributed by atoms with Gasteiger partial charge in [-0.25, -0.2) is 0 Å². The van der Waals surface area contributed by atoms with Gasteiger partial charge in [0.25, 0.3) is 0 Å². The number of nitrogens with two attached hydrogens (primary N) is 1. The molecule has 0 amide bonds. The number of carboxylic acid groups (broad SMARTS) is 1. The predicted octanol–water partition coefficient (Wildman–Crippen LogP) is 3.70. The first-order valence-electron chi connectivity index (χ1n) is 7.51. The quantitative estimate of drug-likeness (QED) is 0.738. The van der Waals surface area contributed by atoms with Crippen molar-refractivity contribution in [1.82, 2.24) is 4.98 Å². The lowest BCUT2D eigenvalue weighted by Gasteiger charge is -2.12. The van der Waals surface area contributed by atoms with Crippen LogP contribution in [0.2, 0.25) is 0 Å². The summed E-state index contributed by atoms with van der Waals surface area (Å²) in [6.45, 7) is 4.18. The van der Waals surface area contributed by atoms with Gasteiger partial charge in [0.2, 0.25) is 0 Å². The number of anilines is 1. The van der Waals surface area contributed by atoms with E-state index in [0.717, 1.165) is 38.4 Å². The van der Waals surface area contributed by atoms with Crippen LogP contribution in [0.25, 0.3) is 10.1 Å². The fourth-order valence-corrected chi connectivity index (χ4v) is 3.67. The SMILES string of the molecule is Cc1cc(N)c(COc2ccc3c(CC(=O)O)csc3c2)c(C)n1. The normalized spacial score (nSPS) is 10.9. The van der Waals surface area contributed by atoms with E-state index in [1.165, 1.54) is 11.3 Å². The molecular formula is C18H18N2O3S. The fourth-order valence-electron chi connectivity index (χ4n) is 2.68. The first-order valence-corrected chi connectivity index (χ1v) is 8.39. The van der Waals surface area contributed by atoms with Crippen LogP contribution in [0, 0.1) is 13.8 Å². The zero-order chi connectivity index (χ0) is 17.3. The van der Waals surface area contributed by atoms with Crippen molar-refractivity contribution in [1.29, 1.82) is 0 Å². The summed E-state index contributed by atoms with van der Waals surface area (Å²) in [6.07, 6.45) is 0.0327. The van der Waals surface area contributed by atoms with E-state index in [1.807, 2.05) is 43.5 Å². The summed E-state index contributed by atoms with van der Waals surface area (Å²) in [6, 6.07) is 7.53. The Labute approximate surface area is 143 Å². The third-order valence-electron chi connectivity index (χ3n) is 3.85. The van der Waals surface area contributed by atoms with Gasteiger partial charge in [0, 0.05) is 27.3 Å². The maximum Gasteiger partial charge on any atom is 0.307 e. The average molecular weight is 342 g/mol. The van der Waals surface area contributed by atoms with Crippen molar-refractivity contribution >= 4 is 33.1 Å². The van der Waals surface area contributed by atoms with Crippen molar-refractivity contribution in [2.75, 3.05) is 5.73 Å². The molecule has 3 N–H and O–H groups in total. The molecule has 124 valence electrons. The van der Waals surface area contributed by atoms with Gasteiger partial charge in [-0.1, -0.05) is 0 Å². The smallest absolute Gasteiger partial charge is 0.307 e. The lowest BCUT2D eigenvalue weighted by molar-refractivity contribution is -0.136. The Morgan fingerprint density at radius 2 is 2.12 bits per heavy atom. The second kappa shape index (κ2) is 6.49.